The summed E-state index contributed by atoms with van der Waals surface area (Å²) in [5.41, 5.74) is 1.54. The number of aliphatic hydroxyl groups excluding tert-OH is 1. The van der Waals surface area contributed by atoms with E-state index in [1.165, 1.54) is 0 Å². The van der Waals surface area contributed by atoms with Crippen molar-refractivity contribution in [3.63, 3.8) is 0 Å². The number of carbonyl (C=O) groups is 1. The summed E-state index contributed by atoms with van der Waals surface area (Å²) in [7, 11) is 0. The van der Waals surface area contributed by atoms with E-state index in [-0.39, 0.29) is 18.9 Å². The zero-order valence-electron chi connectivity index (χ0n) is 11.2. The maximum atomic E-state index is 11.8. The van der Waals surface area contributed by atoms with Gasteiger partial charge in [0.05, 0.1) is 12.5 Å². The van der Waals surface area contributed by atoms with Gasteiger partial charge in [-0.3, -0.25) is 4.79 Å². The Balaban J connectivity index is 1.84. The molecular formula is C16H15Cl2NO2. The lowest BCUT2D eigenvalue weighted by Crippen LogP contribution is -2.29. The Morgan fingerprint density at radius 2 is 1.81 bits per heavy atom. The van der Waals surface area contributed by atoms with Crippen molar-refractivity contribution in [2.45, 2.75) is 12.5 Å². The zero-order valence-corrected chi connectivity index (χ0v) is 12.7. The number of halogens is 2. The van der Waals surface area contributed by atoms with Crippen LogP contribution in [-0.4, -0.2) is 17.6 Å². The van der Waals surface area contributed by atoms with Crippen LogP contribution in [0.2, 0.25) is 10.0 Å². The van der Waals surface area contributed by atoms with Gasteiger partial charge < -0.3 is 10.4 Å². The molecule has 0 saturated heterocycles. The van der Waals surface area contributed by atoms with E-state index in [2.05, 4.69) is 5.32 Å². The maximum absolute atomic E-state index is 11.8. The first-order valence-corrected chi connectivity index (χ1v) is 7.25. The van der Waals surface area contributed by atoms with E-state index >= 15 is 0 Å². The first kappa shape index (κ1) is 15.8. The van der Waals surface area contributed by atoms with Gasteiger partial charge in [0, 0.05) is 16.6 Å². The summed E-state index contributed by atoms with van der Waals surface area (Å²) in [6, 6.07) is 14.0. The molecule has 110 valence electrons. The normalized spacial score (nSPS) is 12.0. The Kier molecular flexibility index (Phi) is 5.62. The molecule has 0 aliphatic carbocycles. The third-order valence-electron chi connectivity index (χ3n) is 3.00. The summed E-state index contributed by atoms with van der Waals surface area (Å²) in [4.78, 5) is 11.8. The molecule has 3 nitrogen and oxygen atoms in total. The highest BCUT2D eigenvalue weighted by atomic mass is 35.5. The number of benzene rings is 2. The Morgan fingerprint density at radius 1 is 1.10 bits per heavy atom. The monoisotopic (exact) mass is 323 g/mol. The van der Waals surface area contributed by atoms with E-state index in [1.54, 1.807) is 42.5 Å². The van der Waals surface area contributed by atoms with Crippen LogP contribution in [0.15, 0.2) is 48.5 Å². The predicted octanol–water partition coefficient (Wildman–Crippen LogP) is 3.39. The fourth-order valence-corrected chi connectivity index (χ4v) is 2.25. The summed E-state index contributed by atoms with van der Waals surface area (Å²) >= 11 is 11.7. The Labute approximate surface area is 133 Å². The first-order chi connectivity index (χ1) is 10.0. The van der Waals surface area contributed by atoms with Gasteiger partial charge in [0.2, 0.25) is 5.91 Å². The third-order valence-corrected chi connectivity index (χ3v) is 3.49. The molecule has 5 heteroatoms. The van der Waals surface area contributed by atoms with Crippen molar-refractivity contribution in [1.82, 2.24) is 5.32 Å². The zero-order chi connectivity index (χ0) is 15.2. The van der Waals surface area contributed by atoms with Gasteiger partial charge in [0.1, 0.15) is 0 Å². The number of hydrogen-bond acceptors (Lipinski definition) is 2. The number of carbonyl (C=O) groups excluding carboxylic acids is 1. The Morgan fingerprint density at radius 3 is 2.48 bits per heavy atom. The second-order valence-corrected chi connectivity index (χ2v) is 5.55. The van der Waals surface area contributed by atoms with Crippen molar-refractivity contribution in [2.24, 2.45) is 0 Å². The number of nitrogens with one attached hydrogen (secondary N) is 1. The average molecular weight is 324 g/mol. The summed E-state index contributed by atoms with van der Waals surface area (Å²) in [6.07, 6.45) is -0.529. The van der Waals surface area contributed by atoms with Crippen molar-refractivity contribution in [3.8, 4) is 0 Å². The van der Waals surface area contributed by atoms with Crippen LogP contribution in [0, 0.1) is 0 Å². The van der Waals surface area contributed by atoms with E-state index in [0.717, 1.165) is 5.56 Å². The lowest BCUT2D eigenvalue weighted by atomic mass is 10.1. The van der Waals surface area contributed by atoms with Gasteiger partial charge >= 0.3 is 0 Å². The average Bonchev–Trinajstić information content (AvgIpc) is 2.45. The van der Waals surface area contributed by atoms with Crippen molar-refractivity contribution < 1.29 is 9.90 Å². The third kappa shape index (κ3) is 5.05. The SMILES string of the molecule is O=C(Cc1cccc(Cl)c1)NCC(O)c1ccc(Cl)cc1. The number of amides is 1. The molecule has 0 fully saturated rings. The minimum atomic E-state index is -0.759. The van der Waals surface area contributed by atoms with E-state index < -0.39 is 6.10 Å². The van der Waals surface area contributed by atoms with Gasteiger partial charge in [-0.25, -0.2) is 0 Å². The van der Waals surface area contributed by atoms with Crippen molar-refractivity contribution in [1.29, 1.82) is 0 Å². The fraction of sp³-hybridized carbons (Fsp3) is 0.188. The largest absolute Gasteiger partial charge is 0.387 e. The van der Waals surface area contributed by atoms with Crippen LogP contribution in [0.4, 0.5) is 0 Å². The number of rotatable bonds is 5. The topological polar surface area (TPSA) is 49.3 Å². The van der Waals surface area contributed by atoms with Crippen LogP contribution in [0.5, 0.6) is 0 Å². The first-order valence-electron chi connectivity index (χ1n) is 6.49. The predicted molar refractivity (Wildman–Crippen MR) is 84.6 cm³/mol. The molecule has 2 N–H and O–H groups in total. The van der Waals surface area contributed by atoms with E-state index in [4.69, 9.17) is 23.2 Å². The van der Waals surface area contributed by atoms with Crippen LogP contribution in [0.1, 0.15) is 17.2 Å². The molecule has 1 amide bonds. The van der Waals surface area contributed by atoms with Gasteiger partial charge in [-0.1, -0.05) is 47.5 Å². The molecule has 1 unspecified atom stereocenters. The molecule has 0 saturated carbocycles. The molecular weight excluding hydrogens is 309 g/mol. The molecule has 0 heterocycles. The van der Waals surface area contributed by atoms with Gasteiger partial charge in [-0.15, -0.1) is 0 Å². The molecule has 0 aromatic heterocycles. The van der Waals surface area contributed by atoms with Gasteiger partial charge in [0.15, 0.2) is 0 Å². The van der Waals surface area contributed by atoms with Crippen LogP contribution < -0.4 is 5.32 Å². The lowest BCUT2D eigenvalue weighted by molar-refractivity contribution is -0.120. The standard InChI is InChI=1S/C16H15Cl2NO2/c17-13-6-4-12(5-7-13)15(20)10-19-16(21)9-11-2-1-3-14(18)8-11/h1-8,15,20H,9-10H2,(H,19,21). The van der Waals surface area contributed by atoms with Gasteiger partial charge in [-0.05, 0) is 35.4 Å². The van der Waals surface area contributed by atoms with E-state index in [9.17, 15) is 9.90 Å². The molecule has 0 aliphatic rings. The lowest BCUT2D eigenvalue weighted by Gasteiger charge is -2.12. The number of aliphatic hydroxyl groups is 1. The highest BCUT2D eigenvalue weighted by Crippen LogP contribution is 2.16. The quantitative estimate of drug-likeness (QED) is 0.886. The van der Waals surface area contributed by atoms with Crippen LogP contribution in [0.25, 0.3) is 0 Å². The molecule has 0 bridgehead atoms. The molecule has 21 heavy (non-hydrogen) atoms. The second kappa shape index (κ2) is 7.46. The summed E-state index contributed by atoms with van der Waals surface area (Å²) in [5.74, 6) is -0.162. The van der Waals surface area contributed by atoms with Crippen LogP contribution in [-0.2, 0) is 11.2 Å². The molecule has 0 radical (unpaired) electrons. The van der Waals surface area contributed by atoms with Crippen molar-refractivity contribution in [2.75, 3.05) is 6.54 Å². The minimum absolute atomic E-state index is 0.154. The van der Waals surface area contributed by atoms with Crippen LogP contribution >= 0.6 is 23.2 Å². The highest BCUT2D eigenvalue weighted by molar-refractivity contribution is 6.30. The Bertz CT molecular complexity index is 614. The molecule has 0 aliphatic heterocycles. The van der Waals surface area contributed by atoms with E-state index in [1.807, 2.05) is 6.07 Å². The molecule has 2 rings (SSSR count). The van der Waals surface area contributed by atoms with Gasteiger partial charge in [0.25, 0.3) is 0 Å². The fourth-order valence-electron chi connectivity index (χ4n) is 1.91. The molecule has 2 aromatic rings. The summed E-state index contributed by atoms with van der Waals surface area (Å²) in [6.45, 7) is 0.154. The van der Waals surface area contributed by atoms with Crippen molar-refractivity contribution in [3.05, 3.63) is 69.7 Å². The minimum Gasteiger partial charge on any atom is -0.387 e. The van der Waals surface area contributed by atoms with Gasteiger partial charge in [-0.2, -0.15) is 0 Å². The van der Waals surface area contributed by atoms with Crippen molar-refractivity contribution >= 4 is 29.1 Å². The second-order valence-electron chi connectivity index (χ2n) is 4.68. The molecule has 0 spiro atoms. The van der Waals surface area contributed by atoms with E-state index in [0.29, 0.717) is 15.6 Å². The van der Waals surface area contributed by atoms with Crippen LogP contribution in [0.3, 0.4) is 0 Å². The number of hydrogen-bond donors (Lipinski definition) is 2. The smallest absolute Gasteiger partial charge is 0.224 e. The maximum Gasteiger partial charge on any atom is 0.224 e. The molecule has 2 aromatic carbocycles. The highest BCUT2D eigenvalue weighted by Gasteiger charge is 2.10. The molecule has 1 atom stereocenters. The Hall–Kier alpha value is -1.55. The summed E-state index contributed by atoms with van der Waals surface area (Å²) < 4.78 is 0. The summed E-state index contributed by atoms with van der Waals surface area (Å²) in [5, 5.41) is 13.9.